The van der Waals surface area contributed by atoms with Gasteiger partial charge < -0.3 is 15.8 Å². The van der Waals surface area contributed by atoms with Gasteiger partial charge in [0.15, 0.2) is 0 Å². The van der Waals surface area contributed by atoms with Crippen LogP contribution in [0.15, 0.2) is 39.9 Å². The molecular weight excluding hydrogens is 296 g/mol. The highest BCUT2D eigenvalue weighted by molar-refractivity contribution is 5.60. The van der Waals surface area contributed by atoms with Crippen LogP contribution in [0.25, 0.3) is 0 Å². The minimum absolute atomic E-state index is 0.0725. The summed E-state index contributed by atoms with van der Waals surface area (Å²) in [6, 6.07) is 9.47. The number of aromatic amines is 1. The highest BCUT2D eigenvalue weighted by Crippen LogP contribution is 2.15. The zero-order valence-corrected chi connectivity index (χ0v) is 12.7. The third-order valence-corrected chi connectivity index (χ3v) is 3.95. The van der Waals surface area contributed by atoms with E-state index >= 15 is 0 Å². The second-order valence-corrected chi connectivity index (χ2v) is 5.61. The summed E-state index contributed by atoms with van der Waals surface area (Å²) in [6.07, 6.45) is 2.04. The Hall–Kier alpha value is -2.54. The molecule has 0 radical (unpaired) electrons. The van der Waals surface area contributed by atoms with Gasteiger partial charge >= 0.3 is 5.69 Å². The van der Waals surface area contributed by atoms with E-state index < -0.39 is 11.2 Å². The third-order valence-electron chi connectivity index (χ3n) is 3.95. The molecule has 1 aromatic heterocycles. The van der Waals surface area contributed by atoms with Gasteiger partial charge in [-0.15, -0.1) is 0 Å². The fourth-order valence-electron chi connectivity index (χ4n) is 2.70. The van der Waals surface area contributed by atoms with Gasteiger partial charge in [0.1, 0.15) is 11.5 Å². The van der Waals surface area contributed by atoms with Crippen molar-refractivity contribution >= 4 is 11.5 Å². The second kappa shape index (κ2) is 6.70. The van der Waals surface area contributed by atoms with Gasteiger partial charge in [0.05, 0.1) is 12.6 Å². The van der Waals surface area contributed by atoms with Crippen molar-refractivity contribution in [3.63, 3.8) is 0 Å². The number of nitrogens with one attached hydrogen (secondary N) is 2. The molecule has 0 amide bonds. The van der Waals surface area contributed by atoms with Crippen LogP contribution in [0.4, 0.5) is 11.5 Å². The summed E-state index contributed by atoms with van der Waals surface area (Å²) in [5.41, 5.74) is 6.19. The van der Waals surface area contributed by atoms with E-state index in [-0.39, 0.29) is 17.6 Å². The number of ether oxygens (including phenoxy) is 1. The zero-order chi connectivity index (χ0) is 16.2. The minimum Gasteiger partial charge on any atom is -0.383 e. The van der Waals surface area contributed by atoms with Gasteiger partial charge in [0, 0.05) is 13.2 Å². The molecule has 4 N–H and O–H groups in total. The molecule has 1 aliphatic rings. The maximum atomic E-state index is 12.1. The van der Waals surface area contributed by atoms with E-state index in [2.05, 4.69) is 10.3 Å². The number of rotatable bonds is 5. The Labute approximate surface area is 133 Å². The van der Waals surface area contributed by atoms with Crippen molar-refractivity contribution in [3.8, 4) is 0 Å². The first-order valence-electron chi connectivity index (χ1n) is 7.67. The van der Waals surface area contributed by atoms with E-state index in [1.54, 1.807) is 0 Å². The number of aromatic nitrogens is 2. The molecule has 0 aliphatic carbocycles. The van der Waals surface area contributed by atoms with Crippen molar-refractivity contribution in [3.05, 3.63) is 56.7 Å². The van der Waals surface area contributed by atoms with Gasteiger partial charge in [0.2, 0.25) is 0 Å². The summed E-state index contributed by atoms with van der Waals surface area (Å²) in [6.45, 7) is 1.54. The number of hydrogen-bond donors (Lipinski definition) is 3. The molecule has 7 heteroatoms. The van der Waals surface area contributed by atoms with Crippen LogP contribution in [0.2, 0.25) is 0 Å². The lowest BCUT2D eigenvalue weighted by Crippen LogP contribution is -2.35. The van der Waals surface area contributed by atoms with Crippen LogP contribution < -0.4 is 22.3 Å². The number of H-pyrrole nitrogens is 1. The second-order valence-electron chi connectivity index (χ2n) is 5.61. The molecule has 23 heavy (non-hydrogen) atoms. The van der Waals surface area contributed by atoms with Crippen LogP contribution in [0.1, 0.15) is 18.4 Å². The summed E-state index contributed by atoms with van der Waals surface area (Å²) in [5, 5.41) is 3.02. The first-order valence-corrected chi connectivity index (χ1v) is 7.67. The lowest BCUT2D eigenvalue weighted by molar-refractivity contribution is 0.120. The molecule has 1 saturated heterocycles. The smallest absolute Gasteiger partial charge is 0.330 e. The van der Waals surface area contributed by atoms with Gasteiger partial charge in [-0.3, -0.25) is 14.3 Å². The van der Waals surface area contributed by atoms with Gasteiger partial charge in [-0.2, -0.15) is 0 Å². The molecule has 2 aromatic rings. The standard InChI is InChI=1S/C16H20N4O3/c17-14-13(18-9-12-7-4-8-23-12)15(21)19-16(22)20(14)10-11-5-2-1-3-6-11/h1-3,5-6,12,18H,4,7-10,17H2,(H,19,21,22)/t12-/m1/s1. The first kappa shape index (κ1) is 15.4. The number of benzene rings is 1. The predicted molar refractivity (Wildman–Crippen MR) is 88.7 cm³/mol. The first-order chi connectivity index (χ1) is 11.1. The molecule has 1 aliphatic heterocycles. The maximum absolute atomic E-state index is 12.1. The number of nitrogen functional groups attached to an aromatic ring is 1. The van der Waals surface area contributed by atoms with Gasteiger partial charge in [-0.05, 0) is 18.4 Å². The monoisotopic (exact) mass is 316 g/mol. The van der Waals surface area contributed by atoms with E-state index in [1.165, 1.54) is 4.57 Å². The normalized spacial score (nSPS) is 17.3. The van der Waals surface area contributed by atoms with Crippen molar-refractivity contribution < 1.29 is 4.74 Å². The van der Waals surface area contributed by atoms with Crippen molar-refractivity contribution in [2.45, 2.75) is 25.5 Å². The van der Waals surface area contributed by atoms with Crippen LogP contribution in [0.3, 0.4) is 0 Å². The molecule has 3 rings (SSSR count). The Morgan fingerprint density at radius 3 is 2.78 bits per heavy atom. The van der Waals surface area contributed by atoms with Crippen LogP contribution in [0, 0.1) is 0 Å². The average Bonchev–Trinajstić information content (AvgIpc) is 3.05. The number of nitrogens with zero attached hydrogens (tertiary/aromatic N) is 1. The van der Waals surface area contributed by atoms with Crippen molar-refractivity contribution in [2.75, 3.05) is 24.2 Å². The Morgan fingerprint density at radius 1 is 1.30 bits per heavy atom. The SMILES string of the molecule is Nc1c(NC[C@H]2CCCO2)c(=O)[nH]c(=O)n1Cc1ccccc1. The van der Waals surface area contributed by atoms with Crippen LogP contribution in [0.5, 0.6) is 0 Å². The molecule has 7 nitrogen and oxygen atoms in total. The number of nitrogens with two attached hydrogens (primary N) is 1. The molecule has 0 spiro atoms. The van der Waals surface area contributed by atoms with Crippen molar-refractivity contribution in [1.82, 2.24) is 9.55 Å². The zero-order valence-electron chi connectivity index (χ0n) is 12.7. The summed E-state index contributed by atoms with van der Waals surface area (Å²) in [5.74, 6) is 0.139. The molecule has 1 atom stereocenters. The van der Waals surface area contributed by atoms with Crippen LogP contribution >= 0.6 is 0 Å². The van der Waals surface area contributed by atoms with E-state index in [1.807, 2.05) is 30.3 Å². The Morgan fingerprint density at radius 2 is 2.09 bits per heavy atom. The summed E-state index contributed by atoms with van der Waals surface area (Å²) in [4.78, 5) is 26.4. The van der Waals surface area contributed by atoms with E-state index in [4.69, 9.17) is 10.5 Å². The largest absolute Gasteiger partial charge is 0.383 e. The minimum atomic E-state index is -0.515. The summed E-state index contributed by atoms with van der Waals surface area (Å²) in [7, 11) is 0. The Balaban J connectivity index is 1.86. The molecule has 2 heterocycles. The fraction of sp³-hybridized carbons (Fsp3) is 0.375. The lowest BCUT2D eigenvalue weighted by atomic mass is 10.2. The van der Waals surface area contributed by atoms with Crippen LogP contribution in [-0.4, -0.2) is 28.8 Å². The van der Waals surface area contributed by atoms with Crippen molar-refractivity contribution in [1.29, 1.82) is 0 Å². The van der Waals surface area contributed by atoms with Crippen molar-refractivity contribution in [2.24, 2.45) is 0 Å². The van der Waals surface area contributed by atoms with Gasteiger partial charge in [0.25, 0.3) is 5.56 Å². The molecular formula is C16H20N4O3. The average molecular weight is 316 g/mol. The summed E-state index contributed by atoms with van der Waals surface area (Å²) >= 11 is 0. The quantitative estimate of drug-likeness (QED) is 0.756. The molecule has 1 aromatic carbocycles. The molecule has 0 unspecified atom stereocenters. The fourth-order valence-corrected chi connectivity index (χ4v) is 2.70. The van der Waals surface area contributed by atoms with E-state index in [0.717, 1.165) is 25.0 Å². The topological polar surface area (TPSA) is 102 Å². The Kier molecular flexibility index (Phi) is 4.47. The van der Waals surface area contributed by atoms with Gasteiger partial charge in [-0.1, -0.05) is 30.3 Å². The number of anilines is 2. The summed E-state index contributed by atoms with van der Waals surface area (Å²) < 4.78 is 6.88. The van der Waals surface area contributed by atoms with Gasteiger partial charge in [-0.25, -0.2) is 4.79 Å². The van der Waals surface area contributed by atoms with E-state index in [9.17, 15) is 9.59 Å². The van der Waals surface area contributed by atoms with Crippen LogP contribution in [-0.2, 0) is 11.3 Å². The highest BCUT2D eigenvalue weighted by atomic mass is 16.5. The van der Waals surface area contributed by atoms with E-state index in [0.29, 0.717) is 13.1 Å². The molecule has 0 saturated carbocycles. The predicted octanol–water partition coefficient (Wildman–Crippen LogP) is 0.758. The molecule has 0 bridgehead atoms. The highest BCUT2D eigenvalue weighted by Gasteiger charge is 2.18. The maximum Gasteiger partial charge on any atom is 0.330 e. The lowest BCUT2D eigenvalue weighted by Gasteiger charge is -2.16. The Bertz CT molecular complexity index is 776. The third kappa shape index (κ3) is 3.45. The molecule has 1 fully saturated rings. The number of hydrogen-bond acceptors (Lipinski definition) is 5. The molecule has 122 valence electrons.